The molecule has 1 fully saturated rings. The molecule has 12 heavy (non-hydrogen) atoms. The summed E-state index contributed by atoms with van der Waals surface area (Å²) in [7, 11) is 2.15. The molecule has 0 aromatic carbocycles. The molecule has 1 aromatic rings. The molecule has 0 N–H and O–H groups in total. The van der Waals surface area contributed by atoms with Gasteiger partial charge < -0.3 is 9.47 Å². The highest BCUT2D eigenvalue weighted by Gasteiger charge is 2.25. The summed E-state index contributed by atoms with van der Waals surface area (Å²) in [6.45, 7) is 4.52. The van der Waals surface area contributed by atoms with Gasteiger partial charge in [0.25, 0.3) is 0 Å². The van der Waals surface area contributed by atoms with Crippen molar-refractivity contribution in [1.82, 2.24) is 14.5 Å². The average Bonchev–Trinajstić information content (AvgIpc) is 2.45. The van der Waals surface area contributed by atoms with Crippen LogP contribution in [0, 0.1) is 0 Å². The summed E-state index contributed by atoms with van der Waals surface area (Å²) in [4.78, 5) is 6.49. The normalized spacial score (nSPS) is 19.5. The predicted octanol–water partition coefficient (Wildman–Crippen LogP) is 0.932. The molecule has 1 saturated heterocycles. The summed E-state index contributed by atoms with van der Waals surface area (Å²) >= 11 is 0. The van der Waals surface area contributed by atoms with Gasteiger partial charge in [0.2, 0.25) is 0 Å². The summed E-state index contributed by atoms with van der Waals surface area (Å²) < 4.78 is 2.31. The number of imidazole rings is 1. The van der Waals surface area contributed by atoms with Crippen molar-refractivity contribution in [3.63, 3.8) is 0 Å². The monoisotopic (exact) mass is 165 g/mol. The Morgan fingerprint density at radius 3 is 2.92 bits per heavy atom. The van der Waals surface area contributed by atoms with E-state index in [-0.39, 0.29) is 0 Å². The molecule has 0 saturated carbocycles. The van der Waals surface area contributed by atoms with Crippen molar-refractivity contribution < 1.29 is 0 Å². The van der Waals surface area contributed by atoms with E-state index in [2.05, 4.69) is 28.4 Å². The van der Waals surface area contributed by atoms with Crippen LogP contribution in [0.3, 0.4) is 0 Å². The highest BCUT2D eigenvalue weighted by Crippen LogP contribution is 2.20. The fourth-order valence-electron chi connectivity index (χ4n) is 1.78. The van der Waals surface area contributed by atoms with Crippen LogP contribution in [-0.2, 0) is 6.42 Å². The Morgan fingerprint density at radius 2 is 2.33 bits per heavy atom. The number of aryl methyl sites for hydroxylation is 1. The molecule has 66 valence electrons. The van der Waals surface area contributed by atoms with Gasteiger partial charge in [-0.3, -0.25) is 0 Å². The van der Waals surface area contributed by atoms with Gasteiger partial charge in [-0.1, -0.05) is 6.92 Å². The molecule has 1 aliphatic rings. The van der Waals surface area contributed by atoms with Crippen molar-refractivity contribution in [2.75, 3.05) is 20.1 Å². The second-order valence-corrected chi connectivity index (χ2v) is 3.52. The van der Waals surface area contributed by atoms with E-state index >= 15 is 0 Å². The van der Waals surface area contributed by atoms with E-state index in [0.717, 1.165) is 6.42 Å². The largest absolute Gasteiger partial charge is 0.329 e. The zero-order valence-electron chi connectivity index (χ0n) is 7.70. The second-order valence-electron chi connectivity index (χ2n) is 3.52. The SMILES string of the molecule is CCc1cncn1C1CN(C)C1. The maximum Gasteiger partial charge on any atom is 0.0951 e. The van der Waals surface area contributed by atoms with Crippen LogP contribution < -0.4 is 0 Å². The van der Waals surface area contributed by atoms with Crippen molar-refractivity contribution >= 4 is 0 Å². The molecule has 0 aliphatic carbocycles. The highest BCUT2D eigenvalue weighted by atomic mass is 15.3. The summed E-state index contributed by atoms with van der Waals surface area (Å²) in [5.41, 5.74) is 1.35. The fourth-order valence-corrected chi connectivity index (χ4v) is 1.78. The van der Waals surface area contributed by atoms with Crippen LogP contribution in [0.2, 0.25) is 0 Å². The Kier molecular flexibility index (Phi) is 1.89. The molecule has 1 aliphatic heterocycles. The van der Waals surface area contributed by atoms with Crippen LogP contribution in [0.15, 0.2) is 12.5 Å². The number of aromatic nitrogens is 2. The third-order valence-electron chi connectivity index (χ3n) is 2.55. The third kappa shape index (κ3) is 1.14. The second kappa shape index (κ2) is 2.90. The lowest BCUT2D eigenvalue weighted by molar-refractivity contribution is 0.138. The molecule has 2 rings (SSSR count). The van der Waals surface area contributed by atoms with E-state index in [9.17, 15) is 0 Å². The standard InChI is InChI=1S/C9H15N3/c1-3-8-4-10-7-12(8)9-5-11(2)6-9/h4,7,9H,3,5-6H2,1-2H3. The lowest BCUT2D eigenvalue weighted by atomic mass is 10.1. The topological polar surface area (TPSA) is 21.1 Å². The number of hydrogen-bond acceptors (Lipinski definition) is 2. The first-order valence-electron chi connectivity index (χ1n) is 4.50. The van der Waals surface area contributed by atoms with E-state index in [1.165, 1.54) is 18.8 Å². The lowest BCUT2D eigenvalue weighted by Gasteiger charge is -2.37. The molecular weight excluding hydrogens is 150 g/mol. The molecule has 3 nitrogen and oxygen atoms in total. The Morgan fingerprint density at radius 1 is 1.58 bits per heavy atom. The first-order valence-corrected chi connectivity index (χ1v) is 4.50. The third-order valence-corrected chi connectivity index (χ3v) is 2.55. The highest BCUT2D eigenvalue weighted by molar-refractivity contribution is 5.02. The predicted molar refractivity (Wildman–Crippen MR) is 48.1 cm³/mol. The smallest absolute Gasteiger partial charge is 0.0951 e. The van der Waals surface area contributed by atoms with Gasteiger partial charge in [-0.25, -0.2) is 4.98 Å². The van der Waals surface area contributed by atoms with Gasteiger partial charge in [-0.15, -0.1) is 0 Å². The summed E-state index contributed by atoms with van der Waals surface area (Å²) in [5.74, 6) is 0. The lowest BCUT2D eigenvalue weighted by Crippen LogP contribution is -2.45. The van der Waals surface area contributed by atoms with Gasteiger partial charge in [-0.2, -0.15) is 0 Å². The van der Waals surface area contributed by atoms with Gasteiger partial charge in [0, 0.05) is 25.0 Å². The van der Waals surface area contributed by atoms with Gasteiger partial charge in [0.05, 0.1) is 12.4 Å². The molecule has 0 amide bonds. The Hall–Kier alpha value is -0.830. The first kappa shape index (κ1) is 7.80. The number of hydrogen-bond donors (Lipinski definition) is 0. The Balaban J connectivity index is 2.12. The molecule has 2 heterocycles. The van der Waals surface area contributed by atoms with E-state index in [0.29, 0.717) is 6.04 Å². The molecule has 0 radical (unpaired) electrons. The van der Waals surface area contributed by atoms with Gasteiger partial charge in [-0.05, 0) is 13.5 Å². The van der Waals surface area contributed by atoms with Crippen LogP contribution in [-0.4, -0.2) is 34.6 Å². The van der Waals surface area contributed by atoms with Crippen molar-refractivity contribution in [3.05, 3.63) is 18.2 Å². The maximum atomic E-state index is 4.17. The maximum absolute atomic E-state index is 4.17. The van der Waals surface area contributed by atoms with Crippen molar-refractivity contribution in [1.29, 1.82) is 0 Å². The van der Waals surface area contributed by atoms with Crippen molar-refractivity contribution in [2.45, 2.75) is 19.4 Å². The van der Waals surface area contributed by atoms with Crippen LogP contribution >= 0.6 is 0 Å². The molecule has 3 heteroatoms. The number of likely N-dealkylation sites (tertiary alicyclic amines) is 1. The van der Waals surface area contributed by atoms with Gasteiger partial charge in [0.15, 0.2) is 0 Å². The van der Waals surface area contributed by atoms with E-state index in [1.54, 1.807) is 0 Å². The minimum absolute atomic E-state index is 0.674. The van der Waals surface area contributed by atoms with Crippen LogP contribution in [0.5, 0.6) is 0 Å². The molecule has 0 spiro atoms. The summed E-state index contributed by atoms with van der Waals surface area (Å²) in [5, 5.41) is 0. The average molecular weight is 165 g/mol. The number of nitrogens with zero attached hydrogens (tertiary/aromatic N) is 3. The molecule has 0 atom stereocenters. The molecular formula is C9H15N3. The first-order chi connectivity index (χ1) is 5.81. The summed E-state index contributed by atoms with van der Waals surface area (Å²) in [6.07, 6.45) is 5.01. The van der Waals surface area contributed by atoms with E-state index < -0.39 is 0 Å². The van der Waals surface area contributed by atoms with Crippen LogP contribution in [0.1, 0.15) is 18.7 Å². The number of likely N-dealkylation sites (N-methyl/N-ethyl adjacent to an activating group) is 1. The zero-order valence-corrected chi connectivity index (χ0v) is 7.70. The minimum Gasteiger partial charge on any atom is -0.329 e. The van der Waals surface area contributed by atoms with E-state index in [4.69, 9.17) is 0 Å². The van der Waals surface area contributed by atoms with E-state index in [1.807, 2.05) is 12.5 Å². The zero-order chi connectivity index (χ0) is 8.55. The number of rotatable bonds is 2. The Labute approximate surface area is 73.0 Å². The van der Waals surface area contributed by atoms with Crippen molar-refractivity contribution in [2.24, 2.45) is 0 Å². The molecule has 0 unspecified atom stereocenters. The fraction of sp³-hybridized carbons (Fsp3) is 0.667. The van der Waals surface area contributed by atoms with Crippen molar-refractivity contribution in [3.8, 4) is 0 Å². The van der Waals surface area contributed by atoms with Crippen LogP contribution in [0.25, 0.3) is 0 Å². The molecule has 0 bridgehead atoms. The summed E-state index contributed by atoms with van der Waals surface area (Å²) in [6, 6.07) is 0.674. The molecule has 1 aromatic heterocycles. The van der Waals surface area contributed by atoms with Gasteiger partial charge >= 0.3 is 0 Å². The van der Waals surface area contributed by atoms with Crippen LogP contribution in [0.4, 0.5) is 0 Å². The van der Waals surface area contributed by atoms with Gasteiger partial charge in [0.1, 0.15) is 0 Å². The Bertz CT molecular complexity index is 260. The minimum atomic E-state index is 0.674. The quantitative estimate of drug-likeness (QED) is 0.650.